The lowest BCUT2D eigenvalue weighted by Gasteiger charge is -2.32. The molecular weight excluding hydrogens is 260 g/mol. The molecule has 0 amide bonds. The fraction of sp³-hybridized carbons (Fsp3) is 0.667. The maximum absolute atomic E-state index is 5.60. The van der Waals surface area contributed by atoms with E-state index in [1.807, 2.05) is 6.07 Å². The zero-order valence-electron chi connectivity index (χ0n) is 14.7. The van der Waals surface area contributed by atoms with E-state index in [1.165, 1.54) is 17.7 Å². The third-order valence-corrected chi connectivity index (χ3v) is 4.06. The van der Waals surface area contributed by atoms with Crippen LogP contribution in [0.5, 0.6) is 5.75 Å². The van der Waals surface area contributed by atoms with Gasteiger partial charge in [-0.1, -0.05) is 26.8 Å². The van der Waals surface area contributed by atoms with Gasteiger partial charge in [0.25, 0.3) is 0 Å². The fourth-order valence-corrected chi connectivity index (χ4v) is 2.94. The highest BCUT2D eigenvalue weighted by Gasteiger charge is 2.20. The Morgan fingerprint density at radius 1 is 1.19 bits per heavy atom. The zero-order valence-corrected chi connectivity index (χ0v) is 14.7. The quantitative estimate of drug-likeness (QED) is 0.775. The van der Waals surface area contributed by atoms with Crippen LogP contribution in [0.25, 0.3) is 0 Å². The number of nitrogens with zero attached hydrogens (tertiary/aromatic N) is 1. The number of anilines is 1. The molecule has 0 saturated carbocycles. The Bertz CT molecular complexity index is 431. The van der Waals surface area contributed by atoms with E-state index in [0.717, 1.165) is 12.3 Å². The predicted octanol–water partition coefficient (Wildman–Crippen LogP) is 4.24. The number of benzene rings is 1. The van der Waals surface area contributed by atoms with Crippen LogP contribution in [0.2, 0.25) is 0 Å². The predicted molar refractivity (Wildman–Crippen MR) is 92.4 cm³/mol. The van der Waals surface area contributed by atoms with Crippen LogP contribution in [0.1, 0.15) is 52.6 Å². The molecule has 120 valence electrons. The summed E-state index contributed by atoms with van der Waals surface area (Å²) < 4.78 is 5.60. The number of ether oxygens (including phenoxy) is 1. The van der Waals surface area contributed by atoms with E-state index in [4.69, 9.17) is 4.74 Å². The summed E-state index contributed by atoms with van der Waals surface area (Å²) >= 11 is 0. The summed E-state index contributed by atoms with van der Waals surface area (Å²) in [5.74, 6) is 1.66. The lowest BCUT2D eigenvalue weighted by atomic mass is 10.00. The van der Waals surface area contributed by atoms with Crippen molar-refractivity contribution in [3.63, 3.8) is 0 Å². The zero-order chi connectivity index (χ0) is 16.0. The molecule has 2 unspecified atom stereocenters. The minimum atomic E-state index is 0.273. The van der Waals surface area contributed by atoms with E-state index < -0.39 is 0 Å². The molecule has 2 atom stereocenters. The summed E-state index contributed by atoms with van der Waals surface area (Å²) in [6.07, 6.45) is 1.18. The van der Waals surface area contributed by atoms with Crippen LogP contribution in [0.3, 0.4) is 0 Å². The number of hydrogen-bond acceptors (Lipinski definition) is 3. The molecule has 0 radical (unpaired) electrons. The Labute approximate surface area is 130 Å². The Hall–Kier alpha value is -1.22. The topological polar surface area (TPSA) is 24.5 Å². The molecule has 0 aliphatic carbocycles. The van der Waals surface area contributed by atoms with Gasteiger partial charge < -0.3 is 15.0 Å². The number of rotatable bonds is 8. The van der Waals surface area contributed by atoms with Gasteiger partial charge in [0.1, 0.15) is 5.75 Å². The van der Waals surface area contributed by atoms with Gasteiger partial charge in [0, 0.05) is 30.4 Å². The van der Waals surface area contributed by atoms with E-state index in [0.29, 0.717) is 12.0 Å². The van der Waals surface area contributed by atoms with Gasteiger partial charge in [-0.15, -0.1) is 0 Å². The first-order chi connectivity index (χ1) is 9.92. The van der Waals surface area contributed by atoms with E-state index in [2.05, 4.69) is 64.0 Å². The average molecular weight is 292 g/mol. The molecule has 0 aliphatic heterocycles. The van der Waals surface area contributed by atoms with Crippen molar-refractivity contribution in [3.8, 4) is 5.75 Å². The fourth-order valence-electron chi connectivity index (χ4n) is 2.94. The molecule has 1 rings (SSSR count). The number of nitrogens with one attached hydrogen (secondary N) is 1. The molecule has 0 saturated heterocycles. The molecule has 0 spiro atoms. The van der Waals surface area contributed by atoms with Gasteiger partial charge in [0.05, 0.1) is 7.11 Å². The van der Waals surface area contributed by atoms with Crippen LogP contribution in [-0.4, -0.2) is 26.7 Å². The molecule has 0 bridgehead atoms. The summed E-state index contributed by atoms with van der Waals surface area (Å²) in [4.78, 5) is 2.38. The lowest BCUT2D eigenvalue weighted by Crippen LogP contribution is -2.32. The Morgan fingerprint density at radius 3 is 2.38 bits per heavy atom. The molecule has 1 N–H and O–H groups in total. The summed E-state index contributed by atoms with van der Waals surface area (Å²) in [5.41, 5.74) is 2.51. The molecule has 0 aromatic heterocycles. The molecule has 0 fully saturated rings. The normalized spacial score (nSPS) is 14.1. The van der Waals surface area contributed by atoms with Crippen molar-refractivity contribution < 1.29 is 4.74 Å². The molecule has 3 nitrogen and oxygen atoms in total. The highest BCUT2D eigenvalue weighted by molar-refractivity contribution is 5.61. The maximum Gasteiger partial charge on any atom is 0.125 e. The second-order valence-corrected chi connectivity index (χ2v) is 6.26. The SMILES string of the molecule is CCNC(C)c1c(OC)cccc1N(C)C(C)CC(C)C. The van der Waals surface area contributed by atoms with E-state index >= 15 is 0 Å². The van der Waals surface area contributed by atoms with E-state index in [9.17, 15) is 0 Å². The molecule has 1 aromatic rings. The highest BCUT2D eigenvalue weighted by atomic mass is 16.5. The van der Waals surface area contributed by atoms with Gasteiger partial charge in [-0.25, -0.2) is 0 Å². The molecule has 1 aromatic carbocycles. The second kappa shape index (κ2) is 8.28. The van der Waals surface area contributed by atoms with Crippen LogP contribution in [0.15, 0.2) is 18.2 Å². The highest BCUT2D eigenvalue weighted by Crippen LogP contribution is 2.35. The monoisotopic (exact) mass is 292 g/mol. The largest absolute Gasteiger partial charge is 0.496 e. The first-order valence-electron chi connectivity index (χ1n) is 8.05. The van der Waals surface area contributed by atoms with Crippen molar-refractivity contribution in [2.24, 2.45) is 5.92 Å². The van der Waals surface area contributed by atoms with Crippen LogP contribution in [0.4, 0.5) is 5.69 Å². The van der Waals surface area contributed by atoms with Crippen LogP contribution in [-0.2, 0) is 0 Å². The van der Waals surface area contributed by atoms with Crippen molar-refractivity contribution in [3.05, 3.63) is 23.8 Å². The summed E-state index contributed by atoms with van der Waals surface area (Å²) in [6, 6.07) is 7.10. The van der Waals surface area contributed by atoms with Crippen LogP contribution >= 0.6 is 0 Å². The molecule has 0 heterocycles. The molecule has 0 aliphatic rings. The summed E-state index contributed by atoms with van der Waals surface area (Å²) in [5, 5.41) is 3.50. The van der Waals surface area contributed by atoms with E-state index in [1.54, 1.807) is 7.11 Å². The number of methoxy groups -OCH3 is 1. The Kier molecular flexibility index (Phi) is 7.03. The average Bonchev–Trinajstić information content (AvgIpc) is 2.45. The minimum Gasteiger partial charge on any atom is -0.496 e. The van der Waals surface area contributed by atoms with Gasteiger partial charge in [0.15, 0.2) is 0 Å². The molecular formula is C18H32N2O. The van der Waals surface area contributed by atoms with Crippen molar-refractivity contribution >= 4 is 5.69 Å². The third-order valence-electron chi connectivity index (χ3n) is 4.06. The second-order valence-electron chi connectivity index (χ2n) is 6.26. The van der Waals surface area contributed by atoms with Crippen LogP contribution < -0.4 is 15.0 Å². The number of hydrogen-bond donors (Lipinski definition) is 1. The molecule has 3 heteroatoms. The summed E-state index contributed by atoms with van der Waals surface area (Å²) in [7, 11) is 3.93. The first kappa shape index (κ1) is 17.8. The van der Waals surface area contributed by atoms with Gasteiger partial charge in [-0.3, -0.25) is 0 Å². The molecule has 21 heavy (non-hydrogen) atoms. The standard InChI is InChI=1S/C18H32N2O/c1-8-19-15(5)18-16(10-9-11-17(18)21-7)20(6)14(4)12-13(2)3/h9-11,13-15,19H,8,12H2,1-7H3. The van der Waals surface area contributed by atoms with Gasteiger partial charge in [-0.2, -0.15) is 0 Å². The van der Waals surface area contributed by atoms with Gasteiger partial charge in [-0.05, 0) is 44.9 Å². The first-order valence-corrected chi connectivity index (χ1v) is 8.05. The van der Waals surface area contributed by atoms with Crippen molar-refractivity contribution in [2.75, 3.05) is 25.6 Å². The van der Waals surface area contributed by atoms with Gasteiger partial charge >= 0.3 is 0 Å². The Balaban J connectivity index is 3.15. The van der Waals surface area contributed by atoms with Crippen molar-refractivity contribution in [1.82, 2.24) is 5.32 Å². The van der Waals surface area contributed by atoms with Crippen LogP contribution in [0, 0.1) is 5.92 Å². The van der Waals surface area contributed by atoms with E-state index in [-0.39, 0.29) is 6.04 Å². The minimum absolute atomic E-state index is 0.273. The summed E-state index contributed by atoms with van der Waals surface area (Å²) in [6.45, 7) is 12.1. The third kappa shape index (κ3) is 4.63. The van der Waals surface area contributed by atoms with Gasteiger partial charge in [0.2, 0.25) is 0 Å². The smallest absolute Gasteiger partial charge is 0.125 e. The van der Waals surface area contributed by atoms with Crippen molar-refractivity contribution in [2.45, 2.75) is 53.1 Å². The maximum atomic E-state index is 5.60. The Morgan fingerprint density at radius 2 is 1.86 bits per heavy atom. The lowest BCUT2D eigenvalue weighted by molar-refractivity contribution is 0.402. The van der Waals surface area contributed by atoms with Crippen molar-refractivity contribution in [1.29, 1.82) is 0 Å².